The van der Waals surface area contributed by atoms with Crippen LogP contribution < -0.4 is 0 Å². The van der Waals surface area contributed by atoms with Crippen LogP contribution in [0, 0.1) is 7.43 Å². The fourth-order valence-corrected chi connectivity index (χ4v) is 1.33. The molecule has 1 aliphatic rings. The third-order valence-corrected chi connectivity index (χ3v) is 2.63. The summed E-state index contributed by atoms with van der Waals surface area (Å²) in [5, 5.41) is 11.9. The minimum atomic E-state index is 0. The van der Waals surface area contributed by atoms with Crippen LogP contribution in [-0.2, 0) is 21.7 Å². The molecule has 0 aliphatic heterocycles. The summed E-state index contributed by atoms with van der Waals surface area (Å²) in [6, 6.07) is 0.501. The first-order valence-corrected chi connectivity index (χ1v) is 7.74. The largest absolute Gasteiger partial charge is 4.00 e. The second kappa shape index (κ2) is 26.0. The summed E-state index contributed by atoms with van der Waals surface area (Å²) in [5.41, 5.74) is 1.56. The maximum absolute atomic E-state index is 4.44. The summed E-state index contributed by atoms with van der Waals surface area (Å²) in [6.45, 7) is 11.2. The smallest absolute Gasteiger partial charge is 0.665 e. The molecule has 0 aromatic heterocycles. The van der Waals surface area contributed by atoms with E-state index in [2.05, 4.69) is 48.0 Å². The van der Waals surface area contributed by atoms with Crippen LogP contribution in [0.15, 0.2) is 23.8 Å². The molecule has 1 aliphatic carbocycles. The van der Waals surface area contributed by atoms with E-state index >= 15 is 0 Å². The van der Waals surface area contributed by atoms with Crippen LogP contribution in [0.4, 0.5) is 0 Å². The average molecular weight is 343 g/mol. The van der Waals surface area contributed by atoms with Gasteiger partial charge in [-0.3, -0.25) is 0 Å². The number of nitrogens with zero attached hydrogens (tertiary/aromatic N) is 3. The summed E-state index contributed by atoms with van der Waals surface area (Å²) in [7, 11) is 3.61. The maximum atomic E-state index is 4.44. The van der Waals surface area contributed by atoms with Gasteiger partial charge in [-0.2, -0.15) is 27.2 Å². The Hall–Kier alpha value is 0.0743. The molecular formula is C18H37N3Ti. The second-order valence-electron chi connectivity index (χ2n) is 4.83. The number of hydrogen-bond donors (Lipinski definition) is 0. The number of allylic oxidation sites excluding steroid dienone is 4. The molecule has 0 heterocycles. The normalized spacial score (nSPS) is 11.3. The van der Waals surface area contributed by atoms with Gasteiger partial charge >= 0.3 is 21.7 Å². The van der Waals surface area contributed by atoms with Gasteiger partial charge in [-0.25, -0.2) is 0 Å². The van der Waals surface area contributed by atoms with Crippen molar-refractivity contribution in [1.29, 1.82) is 0 Å². The minimum absolute atomic E-state index is 0. The van der Waals surface area contributed by atoms with Crippen LogP contribution in [0.25, 0.3) is 16.0 Å². The van der Waals surface area contributed by atoms with E-state index in [-0.39, 0.29) is 29.1 Å². The van der Waals surface area contributed by atoms with E-state index in [1.807, 2.05) is 13.8 Å². The first kappa shape index (κ1) is 30.0. The van der Waals surface area contributed by atoms with Gasteiger partial charge in [-0.15, -0.1) is 12.6 Å². The van der Waals surface area contributed by atoms with Gasteiger partial charge in [-0.1, -0.05) is 57.9 Å². The van der Waals surface area contributed by atoms with Gasteiger partial charge in [0.2, 0.25) is 0 Å². The Bertz CT molecular complexity index is 230. The van der Waals surface area contributed by atoms with E-state index in [4.69, 9.17) is 0 Å². The molecule has 0 aromatic carbocycles. The Balaban J connectivity index is -0.000000138. The average Bonchev–Trinajstić information content (AvgIpc) is 2.97. The van der Waals surface area contributed by atoms with E-state index in [0.717, 1.165) is 19.6 Å². The fraction of sp³-hybridized carbons (Fsp3) is 0.722. The first-order chi connectivity index (χ1) is 9.62. The topological polar surface area (TPSA) is 42.3 Å². The SMILES string of the molecule is CC(C)[N-]CCCC1=CC=CC1.CC[N-]C.CC[N-]C.[CH3-].[Ti+4]. The van der Waals surface area contributed by atoms with Gasteiger partial charge in [0.05, 0.1) is 0 Å². The molecular weight excluding hydrogens is 306 g/mol. The molecule has 22 heavy (non-hydrogen) atoms. The Labute approximate surface area is 155 Å². The van der Waals surface area contributed by atoms with Crippen molar-refractivity contribution in [3.63, 3.8) is 0 Å². The standard InChI is InChI=1S/C11H18N.2C3H8N.CH3.Ti/c1-10(2)12-9-5-8-11-6-3-4-7-11;2*1-3-4-2;;/h3-4,6,10H,5,7-9H2,1-2H3;2*3H2,1-2H3;1H3;/q4*-1;+4. The molecule has 1 rings (SSSR count). The third kappa shape index (κ3) is 28.3. The predicted octanol–water partition coefficient (Wildman–Crippen LogP) is 5.90. The van der Waals surface area contributed by atoms with Crippen molar-refractivity contribution in [2.75, 3.05) is 33.7 Å². The summed E-state index contributed by atoms with van der Waals surface area (Å²) in [4.78, 5) is 0. The van der Waals surface area contributed by atoms with E-state index in [1.54, 1.807) is 19.7 Å². The van der Waals surface area contributed by atoms with Gasteiger partial charge in [-0.05, 0) is 12.8 Å². The Morgan fingerprint density at radius 2 is 1.59 bits per heavy atom. The van der Waals surface area contributed by atoms with E-state index in [0.29, 0.717) is 6.04 Å². The summed E-state index contributed by atoms with van der Waals surface area (Å²) < 4.78 is 0. The molecule has 0 saturated carbocycles. The van der Waals surface area contributed by atoms with Crippen molar-refractivity contribution in [1.82, 2.24) is 0 Å². The monoisotopic (exact) mass is 343 g/mol. The van der Waals surface area contributed by atoms with Gasteiger partial charge in [0.15, 0.2) is 0 Å². The van der Waals surface area contributed by atoms with E-state index in [1.165, 1.54) is 19.3 Å². The van der Waals surface area contributed by atoms with Crippen molar-refractivity contribution in [2.45, 2.75) is 53.0 Å². The van der Waals surface area contributed by atoms with Crippen LogP contribution in [0.3, 0.4) is 0 Å². The molecule has 0 radical (unpaired) electrons. The van der Waals surface area contributed by atoms with Crippen molar-refractivity contribution >= 4 is 0 Å². The van der Waals surface area contributed by atoms with Crippen molar-refractivity contribution < 1.29 is 21.7 Å². The van der Waals surface area contributed by atoms with Crippen LogP contribution in [0.1, 0.15) is 47.0 Å². The molecule has 0 fully saturated rings. The van der Waals surface area contributed by atoms with Gasteiger partial charge in [0.1, 0.15) is 0 Å². The number of rotatable bonds is 7. The van der Waals surface area contributed by atoms with Crippen LogP contribution in [-0.4, -0.2) is 39.8 Å². The molecule has 0 atom stereocenters. The van der Waals surface area contributed by atoms with Crippen molar-refractivity contribution in [3.05, 3.63) is 47.2 Å². The van der Waals surface area contributed by atoms with Crippen LogP contribution in [0.2, 0.25) is 0 Å². The zero-order valence-corrected chi connectivity index (χ0v) is 17.5. The van der Waals surface area contributed by atoms with Gasteiger partial charge < -0.3 is 23.4 Å². The quantitative estimate of drug-likeness (QED) is 0.314. The summed E-state index contributed by atoms with van der Waals surface area (Å²) in [5.74, 6) is 0. The van der Waals surface area contributed by atoms with Crippen molar-refractivity contribution in [3.8, 4) is 0 Å². The molecule has 0 amide bonds. The third-order valence-electron chi connectivity index (χ3n) is 2.63. The maximum Gasteiger partial charge on any atom is 4.00 e. The molecule has 0 unspecified atom stereocenters. The van der Waals surface area contributed by atoms with Gasteiger partial charge in [0, 0.05) is 0 Å². The molecule has 0 saturated heterocycles. The summed E-state index contributed by atoms with van der Waals surface area (Å²) in [6.07, 6.45) is 10.2. The van der Waals surface area contributed by atoms with Crippen LogP contribution in [0.5, 0.6) is 0 Å². The molecule has 4 heteroatoms. The van der Waals surface area contributed by atoms with Gasteiger partial charge in [0.25, 0.3) is 0 Å². The molecule has 0 bridgehead atoms. The minimum Gasteiger partial charge on any atom is -0.665 e. The molecule has 0 N–H and O–H groups in total. The molecule has 128 valence electrons. The first-order valence-electron chi connectivity index (χ1n) is 7.74. The summed E-state index contributed by atoms with van der Waals surface area (Å²) >= 11 is 0. The Morgan fingerprint density at radius 1 is 1.09 bits per heavy atom. The molecule has 0 spiro atoms. The van der Waals surface area contributed by atoms with Crippen molar-refractivity contribution in [2.24, 2.45) is 0 Å². The zero-order valence-electron chi connectivity index (χ0n) is 15.9. The Kier molecular flexibility index (Phi) is 35.5. The zero-order chi connectivity index (χ0) is 15.6. The van der Waals surface area contributed by atoms with E-state index < -0.39 is 0 Å². The predicted molar refractivity (Wildman–Crippen MR) is 100 cm³/mol. The number of hydrogen-bond acceptors (Lipinski definition) is 0. The Morgan fingerprint density at radius 3 is 1.91 bits per heavy atom. The fourth-order valence-electron chi connectivity index (χ4n) is 1.33. The molecule has 3 nitrogen and oxygen atoms in total. The second-order valence-corrected chi connectivity index (χ2v) is 4.83. The van der Waals surface area contributed by atoms with E-state index in [9.17, 15) is 0 Å². The van der Waals surface area contributed by atoms with Crippen LogP contribution >= 0.6 is 0 Å². The molecule has 0 aromatic rings.